The maximum absolute atomic E-state index is 15.0. The SMILES string of the molecule is Cc1cccc(Nc2nc(N[C@@H]3CCCC[C@@H]3N)c(F)c3c[nH]c(O)c23)c1. The van der Waals surface area contributed by atoms with Crippen LogP contribution in [-0.2, 0) is 0 Å². The lowest BCUT2D eigenvalue weighted by molar-refractivity contribution is 0.402. The summed E-state index contributed by atoms with van der Waals surface area (Å²) in [7, 11) is 0. The van der Waals surface area contributed by atoms with Gasteiger partial charge in [-0.2, -0.15) is 0 Å². The number of fused-ring (bicyclic) bond motifs is 1. The molecule has 0 amide bonds. The Bertz CT molecular complexity index is 970. The molecule has 2 aromatic heterocycles. The predicted octanol–water partition coefficient (Wildman–Crippen LogP) is 4.14. The first-order chi connectivity index (χ1) is 13.0. The van der Waals surface area contributed by atoms with Gasteiger partial charge in [-0.25, -0.2) is 9.37 Å². The molecule has 0 aliphatic heterocycles. The third kappa shape index (κ3) is 3.42. The van der Waals surface area contributed by atoms with Crippen LogP contribution in [0.5, 0.6) is 5.88 Å². The molecule has 3 aromatic rings. The lowest BCUT2D eigenvalue weighted by Gasteiger charge is -2.30. The zero-order chi connectivity index (χ0) is 19.0. The van der Waals surface area contributed by atoms with Crippen LogP contribution >= 0.6 is 0 Å². The number of nitrogens with zero attached hydrogens (tertiary/aromatic N) is 1. The molecule has 1 aliphatic carbocycles. The molecular weight excluding hydrogens is 345 g/mol. The van der Waals surface area contributed by atoms with E-state index in [0.29, 0.717) is 11.2 Å². The second kappa shape index (κ2) is 7.08. The zero-order valence-electron chi connectivity index (χ0n) is 15.2. The van der Waals surface area contributed by atoms with Crippen LogP contribution in [0.4, 0.5) is 21.7 Å². The van der Waals surface area contributed by atoms with Gasteiger partial charge in [0.15, 0.2) is 17.5 Å². The third-order valence-corrected chi connectivity index (χ3v) is 5.19. The van der Waals surface area contributed by atoms with Crippen LogP contribution in [0.2, 0.25) is 0 Å². The van der Waals surface area contributed by atoms with E-state index in [4.69, 9.17) is 5.73 Å². The van der Waals surface area contributed by atoms with E-state index in [1.807, 2.05) is 31.2 Å². The number of nitrogens with two attached hydrogens (primary N) is 1. The Balaban J connectivity index is 1.75. The van der Waals surface area contributed by atoms with Crippen LogP contribution in [0.3, 0.4) is 0 Å². The van der Waals surface area contributed by atoms with E-state index in [1.165, 1.54) is 6.20 Å². The first kappa shape index (κ1) is 17.6. The molecule has 6 nitrogen and oxygen atoms in total. The highest BCUT2D eigenvalue weighted by molar-refractivity contribution is 5.99. The number of hydrogen-bond acceptors (Lipinski definition) is 5. The lowest BCUT2D eigenvalue weighted by atomic mass is 9.91. The van der Waals surface area contributed by atoms with Crippen molar-refractivity contribution in [2.45, 2.75) is 44.7 Å². The molecule has 6 N–H and O–H groups in total. The van der Waals surface area contributed by atoms with Gasteiger partial charge in [0.25, 0.3) is 0 Å². The quantitative estimate of drug-likeness (QED) is 0.476. The number of aromatic hydroxyl groups is 1. The van der Waals surface area contributed by atoms with Gasteiger partial charge >= 0.3 is 0 Å². The number of anilines is 3. The van der Waals surface area contributed by atoms with Gasteiger partial charge in [-0.15, -0.1) is 0 Å². The van der Waals surface area contributed by atoms with Gasteiger partial charge in [0, 0.05) is 29.4 Å². The number of aromatic nitrogens is 2. The zero-order valence-corrected chi connectivity index (χ0v) is 15.2. The fraction of sp³-hybridized carbons (Fsp3) is 0.350. The standard InChI is InChI=1S/C20H24FN5O/c1-11-5-4-6-12(9-11)24-18-16-13(10-23-20(16)27)17(21)19(26-18)25-15-8-3-2-7-14(15)22/h4-6,9-10,14-15,23,25,27H,2-3,7-8,22H2,1H3,(H,24,26)/t14-,15+/m0/s1. The van der Waals surface area contributed by atoms with E-state index in [1.54, 1.807) is 0 Å². The van der Waals surface area contributed by atoms with Gasteiger partial charge in [-0.05, 0) is 37.5 Å². The smallest absolute Gasteiger partial charge is 0.200 e. The van der Waals surface area contributed by atoms with Crippen molar-refractivity contribution in [3.63, 3.8) is 0 Å². The minimum absolute atomic E-state index is 0.0161. The van der Waals surface area contributed by atoms with Gasteiger partial charge < -0.3 is 26.5 Å². The highest BCUT2D eigenvalue weighted by Crippen LogP contribution is 2.36. The second-order valence-electron chi connectivity index (χ2n) is 7.24. The molecule has 4 rings (SSSR count). The summed E-state index contributed by atoms with van der Waals surface area (Å²) in [6, 6.07) is 7.74. The average molecular weight is 369 g/mol. The van der Waals surface area contributed by atoms with Gasteiger partial charge in [0.1, 0.15) is 5.82 Å². The molecule has 1 aromatic carbocycles. The summed E-state index contributed by atoms with van der Waals surface area (Å²) in [4.78, 5) is 7.13. The molecule has 0 spiro atoms. The fourth-order valence-corrected chi connectivity index (χ4v) is 3.73. The molecular formula is C20H24FN5O. The largest absolute Gasteiger partial charge is 0.494 e. The van der Waals surface area contributed by atoms with Crippen molar-refractivity contribution in [2.24, 2.45) is 5.73 Å². The normalized spacial score (nSPS) is 20.0. The molecule has 0 radical (unpaired) electrons. The summed E-state index contributed by atoms with van der Waals surface area (Å²) in [6.07, 6.45) is 5.42. The number of halogens is 1. The summed E-state index contributed by atoms with van der Waals surface area (Å²) < 4.78 is 15.0. The monoisotopic (exact) mass is 369 g/mol. The lowest BCUT2D eigenvalue weighted by Crippen LogP contribution is -2.43. The Morgan fingerprint density at radius 3 is 2.85 bits per heavy atom. The molecule has 142 valence electrons. The van der Waals surface area contributed by atoms with Crippen LogP contribution in [0.15, 0.2) is 30.5 Å². The fourth-order valence-electron chi connectivity index (χ4n) is 3.73. The maximum atomic E-state index is 15.0. The van der Waals surface area contributed by atoms with Crippen molar-refractivity contribution < 1.29 is 9.50 Å². The number of rotatable bonds is 4. The number of pyridine rings is 1. The first-order valence-corrected chi connectivity index (χ1v) is 9.28. The molecule has 7 heteroatoms. The predicted molar refractivity (Wildman–Crippen MR) is 106 cm³/mol. The molecule has 27 heavy (non-hydrogen) atoms. The number of H-pyrrole nitrogens is 1. The second-order valence-corrected chi connectivity index (χ2v) is 7.24. The summed E-state index contributed by atoms with van der Waals surface area (Å²) in [5.41, 5.74) is 8.10. The highest BCUT2D eigenvalue weighted by Gasteiger charge is 2.25. The van der Waals surface area contributed by atoms with Gasteiger partial charge in [0.05, 0.1) is 5.39 Å². The van der Waals surface area contributed by atoms with Gasteiger partial charge in [-0.1, -0.05) is 25.0 Å². The van der Waals surface area contributed by atoms with E-state index in [0.717, 1.165) is 36.9 Å². The molecule has 1 saturated carbocycles. The Morgan fingerprint density at radius 2 is 2.07 bits per heavy atom. The van der Waals surface area contributed by atoms with Crippen LogP contribution in [-0.4, -0.2) is 27.2 Å². The molecule has 0 unspecified atom stereocenters. The van der Waals surface area contributed by atoms with Gasteiger partial charge in [-0.3, -0.25) is 0 Å². The van der Waals surface area contributed by atoms with Crippen molar-refractivity contribution >= 4 is 28.1 Å². The molecule has 1 aliphatic rings. The topological polar surface area (TPSA) is 99.0 Å². The first-order valence-electron chi connectivity index (χ1n) is 9.28. The van der Waals surface area contributed by atoms with Crippen LogP contribution in [0.1, 0.15) is 31.2 Å². The van der Waals surface area contributed by atoms with E-state index in [2.05, 4.69) is 20.6 Å². The average Bonchev–Trinajstić information content (AvgIpc) is 3.03. The van der Waals surface area contributed by atoms with E-state index in [-0.39, 0.29) is 29.2 Å². The number of hydrogen-bond donors (Lipinski definition) is 5. The van der Waals surface area contributed by atoms with Crippen LogP contribution in [0.25, 0.3) is 10.8 Å². The summed E-state index contributed by atoms with van der Waals surface area (Å²) in [5.74, 6) is -0.0665. The number of benzene rings is 1. The number of nitrogens with one attached hydrogen (secondary N) is 3. The van der Waals surface area contributed by atoms with Crippen LogP contribution in [0, 0.1) is 12.7 Å². The molecule has 1 fully saturated rings. The Hall–Kier alpha value is -2.80. The highest BCUT2D eigenvalue weighted by atomic mass is 19.1. The Morgan fingerprint density at radius 1 is 1.26 bits per heavy atom. The van der Waals surface area contributed by atoms with Gasteiger partial charge in [0.2, 0.25) is 0 Å². The van der Waals surface area contributed by atoms with E-state index in [9.17, 15) is 5.11 Å². The number of aromatic amines is 1. The van der Waals surface area contributed by atoms with Crippen LogP contribution < -0.4 is 16.4 Å². The summed E-state index contributed by atoms with van der Waals surface area (Å²) in [5, 5.41) is 17.2. The summed E-state index contributed by atoms with van der Waals surface area (Å²) in [6.45, 7) is 1.99. The molecule has 2 heterocycles. The summed E-state index contributed by atoms with van der Waals surface area (Å²) >= 11 is 0. The molecule has 2 atom stereocenters. The minimum Gasteiger partial charge on any atom is -0.494 e. The maximum Gasteiger partial charge on any atom is 0.200 e. The van der Waals surface area contributed by atoms with Crippen molar-refractivity contribution in [3.8, 4) is 5.88 Å². The van der Waals surface area contributed by atoms with Crippen molar-refractivity contribution in [3.05, 3.63) is 41.8 Å². The minimum atomic E-state index is -0.492. The molecule has 0 saturated heterocycles. The number of aryl methyl sites for hydroxylation is 1. The van der Waals surface area contributed by atoms with E-state index < -0.39 is 5.82 Å². The Labute approximate surface area is 157 Å². The third-order valence-electron chi connectivity index (χ3n) is 5.19. The van der Waals surface area contributed by atoms with E-state index >= 15 is 4.39 Å². The van der Waals surface area contributed by atoms with Crippen molar-refractivity contribution in [2.75, 3.05) is 10.6 Å². The molecule has 0 bridgehead atoms. The van der Waals surface area contributed by atoms with Crippen molar-refractivity contribution in [1.29, 1.82) is 0 Å². The Kier molecular flexibility index (Phi) is 4.61. The van der Waals surface area contributed by atoms with Crippen molar-refractivity contribution in [1.82, 2.24) is 9.97 Å².